The number of carbonyl (C=O) groups is 1. The molecule has 1 unspecified atom stereocenters. The van der Waals surface area contributed by atoms with Crippen molar-refractivity contribution < 1.29 is 4.79 Å². The van der Waals surface area contributed by atoms with Gasteiger partial charge < -0.3 is 10.6 Å². The van der Waals surface area contributed by atoms with Crippen LogP contribution in [0.15, 0.2) is 24.3 Å². The van der Waals surface area contributed by atoms with Gasteiger partial charge in [-0.3, -0.25) is 9.69 Å². The highest BCUT2D eigenvalue weighted by Gasteiger charge is 2.22. The van der Waals surface area contributed by atoms with Crippen molar-refractivity contribution in [2.24, 2.45) is 11.7 Å². The average molecular weight is 289 g/mol. The minimum Gasteiger partial charge on any atom is -0.336 e. The van der Waals surface area contributed by atoms with Gasteiger partial charge in [-0.1, -0.05) is 26.0 Å². The van der Waals surface area contributed by atoms with Crippen molar-refractivity contribution in [2.45, 2.75) is 20.3 Å². The molecule has 116 valence electrons. The Hall–Kier alpha value is -1.39. The topological polar surface area (TPSA) is 49.6 Å². The second kappa shape index (κ2) is 7.57. The van der Waals surface area contributed by atoms with Gasteiger partial charge in [-0.15, -0.1) is 0 Å². The fraction of sp³-hybridized carbons (Fsp3) is 0.588. The van der Waals surface area contributed by atoms with E-state index in [9.17, 15) is 4.79 Å². The smallest absolute Gasteiger partial charge is 0.253 e. The Balaban J connectivity index is 1.87. The largest absolute Gasteiger partial charge is 0.336 e. The third kappa shape index (κ3) is 4.29. The molecule has 1 saturated heterocycles. The number of nitrogens with zero attached hydrogens (tertiary/aromatic N) is 2. The molecule has 1 heterocycles. The maximum Gasteiger partial charge on any atom is 0.253 e. The lowest BCUT2D eigenvalue weighted by Gasteiger charge is -2.35. The molecule has 0 radical (unpaired) electrons. The van der Waals surface area contributed by atoms with Crippen LogP contribution in [0.3, 0.4) is 0 Å². The highest BCUT2D eigenvalue weighted by Crippen LogP contribution is 2.11. The monoisotopic (exact) mass is 289 g/mol. The van der Waals surface area contributed by atoms with Gasteiger partial charge >= 0.3 is 0 Å². The van der Waals surface area contributed by atoms with Crippen molar-refractivity contribution in [2.75, 3.05) is 39.3 Å². The molecule has 1 aliphatic rings. The molecule has 0 aliphatic carbocycles. The molecule has 0 aromatic heterocycles. The number of amides is 1. The first-order chi connectivity index (χ1) is 10.1. The van der Waals surface area contributed by atoms with Gasteiger partial charge in [0.2, 0.25) is 0 Å². The van der Waals surface area contributed by atoms with Crippen molar-refractivity contribution in [1.82, 2.24) is 9.80 Å². The first-order valence-corrected chi connectivity index (χ1v) is 7.94. The van der Waals surface area contributed by atoms with E-state index in [2.05, 4.69) is 18.7 Å². The number of benzene rings is 1. The fourth-order valence-corrected chi connectivity index (χ4v) is 2.71. The van der Waals surface area contributed by atoms with Crippen LogP contribution in [-0.4, -0.2) is 55.0 Å². The van der Waals surface area contributed by atoms with Gasteiger partial charge in [0.15, 0.2) is 0 Å². The van der Waals surface area contributed by atoms with E-state index in [-0.39, 0.29) is 5.91 Å². The lowest BCUT2D eigenvalue weighted by Crippen LogP contribution is -2.50. The summed E-state index contributed by atoms with van der Waals surface area (Å²) in [5.74, 6) is 0.679. The van der Waals surface area contributed by atoms with Crippen LogP contribution < -0.4 is 5.73 Å². The van der Waals surface area contributed by atoms with E-state index in [1.807, 2.05) is 29.2 Å². The zero-order chi connectivity index (χ0) is 15.2. The molecule has 0 bridgehead atoms. The number of hydrogen-bond acceptors (Lipinski definition) is 3. The number of aryl methyl sites for hydroxylation is 1. The summed E-state index contributed by atoms with van der Waals surface area (Å²) >= 11 is 0. The summed E-state index contributed by atoms with van der Waals surface area (Å²) in [6, 6.07) is 7.99. The lowest BCUT2D eigenvalue weighted by atomic mass is 10.1. The van der Waals surface area contributed by atoms with Crippen molar-refractivity contribution >= 4 is 5.91 Å². The van der Waals surface area contributed by atoms with Crippen LogP contribution in [0.2, 0.25) is 0 Å². The van der Waals surface area contributed by atoms with Crippen LogP contribution >= 0.6 is 0 Å². The van der Waals surface area contributed by atoms with Crippen LogP contribution in [-0.2, 0) is 6.42 Å². The quantitative estimate of drug-likeness (QED) is 0.896. The molecule has 0 spiro atoms. The van der Waals surface area contributed by atoms with E-state index < -0.39 is 0 Å². The summed E-state index contributed by atoms with van der Waals surface area (Å²) < 4.78 is 0. The van der Waals surface area contributed by atoms with E-state index >= 15 is 0 Å². The number of rotatable bonds is 5. The number of carbonyl (C=O) groups excluding carboxylic acids is 1. The molecule has 1 amide bonds. The van der Waals surface area contributed by atoms with Gasteiger partial charge in [-0.2, -0.15) is 0 Å². The van der Waals surface area contributed by atoms with Crippen LogP contribution in [0.4, 0.5) is 0 Å². The Kier molecular flexibility index (Phi) is 5.76. The Labute approximate surface area is 127 Å². The third-order valence-corrected chi connectivity index (χ3v) is 4.24. The standard InChI is InChI=1S/C17H27N3O/c1-3-15-4-6-16(7-5-15)17(21)20-10-8-19(9-11-20)13-14(2)12-18/h4-7,14H,3,8-13,18H2,1-2H3. The number of piperazine rings is 1. The first kappa shape index (κ1) is 16.0. The SMILES string of the molecule is CCc1ccc(C(=O)N2CCN(CC(C)CN)CC2)cc1. The summed E-state index contributed by atoms with van der Waals surface area (Å²) in [5.41, 5.74) is 7.75. The molecule has 4 heteroatoms. The van der Waals surface area contributed by atoms with Gasteiger partial charge in [0, 0.05) is 38.3 Å². The third-order valence-electron chi connectivity index (χ3n) is 4.24. The molecule has 1 fully saturated rings. The van der Waals surface area contributed by atoms with Crippen molar-refractivity contribution in [3.63, 3.8) is 0 Å². The second-order valence-electron chi connectivity index (χ2n) is 5.98. The Bertz CT molecular complexity index is 450. The highest BCUT2D eigenvalue weighted by atomic mass is 16.2. The van der Waals surface area contributed by atoms with E-state index in [4.69, 9.17) is 5.73 Å². The Morgan fingerprint density at radius 3 is 2.33 bits per heavy atom. The maximum atomic E-state index is 12.5. The summed E-state index contributed by atoms with van der Waals surface area (Å²) in [5, 5.41) is 0. The van der Waals surface area contributed by atoms with E-state index in [1.54, 1.807) is 0 Å². The van der Waals surface area contributed by atoms with Gasteiger partial charge in [-0.25, -0.2) is 0 Å². The molecule has 1 atom stereocenters. The zero-order valence-electron chi connectivity index (χ0n) is 13.2. The molecule has 1 aromatic carbocycles. The zero-order valence-corrected chi connectivity index (χ0v) is 13.2. The summed E-state index contributed by atoms with van der Waals surface area (Å²) in [6.07, 6.45) is 1.01. The van der Waals surface area contributed by atoms with E-state index in [1.165, 1.54) is 5.56 Å². The Morgan fingerprint density at radius 2 is 1.81 bits per heavy atom. The molecule has 21 heavy (non-hydrogen) atoms. The van der Waals surface area contributed by atoms with Gasteiger partial charge in [0.1, 0.15) is 0 Å². The second-order valence-corrected chi connectivity index (χ2v) is 5.98. The number of hydrogen-bond donors (Lipinski definition) is 1. The average Bonchev–Trinajstić information content (AvgIpc) is 2.55. The summed E-state index contributed by atoms with van der Waals surface area (Å²) in [6.45, 7) is 9.57. The minimum absolute atomic E-state index is 0.157. The first-order valence-electron chi connectivity index (χ1n) is 7.94. The van der Waals surface area contributed by atoms with E-state index in [0.29, 0.717) is 5.92 Å². The van der Waals surface area contributed by atoms with Crippen molar-refractivity contribution in [3.05, 3.63) is 35.4 Å². The van der Waals surface area contributed by atoms with Crippen LogP contribution in [0.25, 0.3) is 0 Å². The molecular weight excluding hydrogens is 262 g/mol. The van der Waals surface area contributed by atoms with E-state index in [0.717, 1.165) is 51.3 Å². The summed E-state index contributed by atoms with van der Waals surface area (Å²) in [4.78, 5) is 16.8. The van der Waals surface area contributed by atoms with Crippen LogP contribution in [0.1, 0.15) is 29.8 Å². The molecule has 4 nitrogen and oxygen atoms in total. The molecular formula is C17H27N3O. The number of nitrogens with two attached hydrogens (primary N) is 1. The van der Waals surface area contributed by atoms with Gasteiger partial charge in [0.25, 0.3) is 5.91 Å². The van der Waals surface area contributed by atoms with Crippen LogP contribution in [0, 0.1) is 5.92 Å². The normalized spacial score (nSPS) is 17.8. The summed E-state index contributed by atoms with van der Waals surface area (Å²) in [7, 11) is 0. The molecule has 0 saturated carbocycles. The van der Waals surface area contributed by atoms with Crippen LogP contribution in [0.5, 0.6) is 0 Å². The Morgan fingerprint density at radius 1 is 1.19 bits per heavy atom. The molecule has 2 N–H and O–H groups in total. The molecule has 2 rings (SSSR count). The predicted molar refractivity (Wildman–Crippen MR) is 86.4 cm³/mol. The highest BCUT2D eigenvalue weighted by molar-refractivity contribution is 5.94. The van der Waals surface area contributed by atoms with Crippen molar-refractivity contribution in [1.29, 1.82) is 0 Å². The predicted octanol–water partition coefficient (Wildman–Crippen LogP) is 1.60. The maximum absolute atomic E-state index is 12.5. The van der Waals surface area contributed by atoms with Crippen molar-refractivity contribution in [3.8, 4) is 0 Å². The van der Waals surface area contributed by atoms with Gasteiger partial charge in [0.05, 0.1) is 0 Å². The molecule has 1 aromatic rings. The molecule has 1 aliphatic heterocycles. The minimum atomic E-state index is 0.157. The fourth-order valence-electron chi connectivity index (χ4n) is 2.71. The lowest BCUT2D eigenvalue weighted by molar-refractivity contribution is 0.0622. The van der Waals surface area contributed by atoms with Gasteiger partial charge in [-0.05, 0) is 36.6 Å².